The molecule has 1 aliphatic rings. The van der Waals surface area contributed by atoms with Crippen LogP contribution in [0, 0.1) is 0 Å². The Kier molecular flexibility index (Phi) is 3.01. The van der Waals surface area contributed by atoms with E-state index in [4.69, 9.17) is 16.3 Å². The molecule has 3 rings (SSSR count). The maximum atomic E-state index is 11.9. The number of halogens is 1. The van der Waals surface area contributed by atoms with Gasteiger partial charge in [-0.25, -0.2) is 0 Å². The fourth-order valence-corrected chi connectivity index (χ4v) is 2.06. The molecule has 1 aliphatic heterocycles. The normalized spacial score (nSPS) is 17.1. The van der Waals surface area contributed by atoms with Crippen LogP contribution in [-0.4, -0.2) is 12.1 Å². The van der Waals surface area contributed by atoms with Crippen LogP contribution < -0.4 is 15.4 Å². The maximum Gasteiger partial charge on any atom is 0.286 e. The fourth-order valence-electron chi connectivity index (χ4n) is 1.88. The number of fused-ring (bicyclic) bond motifs is 1. The van der Waals surface area contributed by atoms with Crippen molar-refractivity contribution in [2.75, 3.05) is 10.6 Å². The van der Waals surface area contributed by atoms with Crippen molar-refractivity contribution in [1.82, 2.24) is 0 Å². The Morgan fingerprint density at radius 1 is 1.05 bits per heavy atom. The highest BCUT2D eigenvalue weighted by Gasteiger charge is 2.26. The zero-order chi connectivity index (χ0) is 13.2. The summed E-state index contributed by atoms with van der Waals surface area (Å²) >= 11 is 5.88. The van der Waals surface area contributed by atoms with Gasteiger partial charge in [-0.2, -0.15) is 0 Å². The number of carbonyl (C=O) groups is 1. The molecule has 0 saturated heterocycles. The molecule has 5 heteroatoms. The number of anilines is 2. The van der Waals surface area contributed by atoms with E-state index in [1.54, 1.807) is 24.3 Å². The quantitative estimate of drug-likeness (QED) is 0.885. The predicted molar refractivity (Wildman–Crippen MR) is 74.6 cm³/mol. The lowest BCUT2D eigenvalue weighted by atomic mass is 10.2. The number of benzene rings is 2. The molecule has 96 valence electrons. The highest BCUT2D eigenvalue weighted by atomic mass is 35.5. The number of carbonyl (C=O) groups excluding carboxylic acids is 1. The summed E-state index contributed by atoms with van der Waals surface area (Å²) in [4.78, 5) is 11.9. The van der Waals surface area contributed by atoms with Crippen LogP contribution in [0.1, 0.15) is 0 Å². The van der Waals surface area contributed by atoms with E-state index in [1.807, 2.05) is 24.3 Å². The first kappa shape index (κ1) is 11.9. The first-order valence-corrected chi connectivity index (χ1v) is 6.19. The molecule has 1 heterocycles. The summed E-state index contributed by atoms with van der Waals surface area (Å²) in [6.07, 6.45) is -0.770. The average molecular weight is 275 g/mol. The summed E-state index contributed by atoms with van der Waals surface area (Å²) < 4.78 is 5.60. The monoisotopic (exact) mass is 274 g/mol. The lowest BCUT2D eigenvalue weighted by Gasteiger charge is -2.27. The van der Waals surface area contributed by atoms with Gasteiger partial charge in [0.25, 0.3) is 5.91 Å². The van der Waals surface area contributed by atoms with Gasteiger partial charge < -0.3 is 15.4 Å². The van der Waals surface area contributed by atoms with Crippen molar-refractivity contribution >= 4 is 28.9 Å². The van der Waals surface area contributed by atoms with Gasteiger partial charge in [-0.15, -0.1) is 0 Å². The Balaban J connectivity index is 1.81. The molecule has 1 atom stereocenters. The van der Waals surface area contributed by atoms with Crippen molar-refractivity contribution in [2.24, 2.45) is 0 Å². The van der Waals surface area contributed by atoms with Crippen molar-refractivity contribution in [3.63, 3.8) is 0 Å². The molecule has 0 aliphatic carbocycles. The van der Waals surface area contributed by atoms with Crippen LogP contribution in [0.15, 0.2) is 48.5 Å². The lowest BCUT2D eigenvalue weighted by molar-refractivity contribution is -0.121. The van der Waals surface area contributed by atoms with E-state index >= 15 is 0 Å². The molecule has 0 fully saturated rings. The van der Waals surface area contributed by atoms with E-state index in [9.17, 15) is 4.79 Å². The molecule has 0 radical (unpaired) electrons. The number of amides is 1. The molecule has 4 nitrogen and oxygen atoms in total. The standard InChI is InChI=1S/C14H11ClN2O2/c15-9-4-3-5-10(8-9)19-14-13(18)16-11-6-1-2-7-12(11)17-14/h1-8,14,17H,(H,16,18)/t14-/m0/s1. The molecule has 0 bridgehead atoms. The molecule has 19 heavy (non-hydrogen) atoms. The van der Waals surface area contributed by atoms with Gasteiger partial charge >= 0.3 is 0 Å². The third kappa shape index (κ3) is 2.48. The van der Waals surface area contributed by atoms with Crippen LogP contribution in [0.25, 0.3) is 0 Å². The topological polar surface area (TPSA) is 50.4 Å². The molecule has 2 N–H and O–H groups in total. The molecule has 1 amide bonds. The second-order valence-electron chi connectivity index (χ2n) is 4.13. The van der Waals surface area contributed by atoms with E-state index in [0.29, 0.717) is 10.8 Å². The largest absolute Gasteiger partial charge is 0.461 e. The van der Waals surface area contributed by atoms with Crippen molar-refractivity contribution < 1.29 is 9.53 Å². The second kappa shape index (κ2) is 4.82. The van der Waals surface area contributed by atoms with Crippen molar-refractivity contribution in [2.45, 2.75) is 6.23 Å². The predicted octanol–water partition coefficient (Wildman–Crippen LogP) is 3.11. The van der Waals surface area contributed by atoms with Crippen LogP contribution in [-0.2, 0) is 4.79 Å². The van der Waals surface area contributed by atoms with Crippen molar-refractivity contribution in [1.29, 1.82) is 0 Å². The Morgan fingerprint density at radius 2 is 1.84 bits per heavy atom. The molecule has 0 aromatic heterocycles. The Hall–Kier alpha value is -2.20. The van der Waals surface area contributed by atoms with Gasteiger partial charge in [-0.05, 0) is 30.3 Å². The summed E-state index contributed by atoms with van der Waals surface area (Å²) in [5.74, 6) is 0.304. The highest BCUT2D eigenvalue weighted by molar-refractivity contribution is 6.30. The van der Waals surface area contributed by atoms with E-state index in [0.717, 1.165) is 11.4 Å². The zero-order valence-corrected chi connectivity index (χ0v) is 10.6. The van der Waals surface area contributed by atoms with Crippen LogP contribution >= 0.6 is 11.6 Å². The Bertz CT molecular complexity index is 630. The minimum absolute atomic E-state index is 0.237. The van der Waals surface area contributed by atoms with Gasteiger partial charge in [0, 0.05) is 5.02 Å². The molecule has 0 unspecified atom stereocenters. The van der Waals surface area contributed by atoms with Gasteiger partial charge in [0.05, 0.1) is 11.4 Å². The second-order valence-corrected chi connectivity index (χ2v) is 4.57. The summed E-state index contributed by atoms with van der Waals surface area (Å²) in [7, 11) is 0. The van der Waals surface area contributed by atoms with Crippen LogP contribution in [0.5, 0.6) is 5.75 Å². The van der Waals surface area contributed by atoms with Crippen LogP contribution in [0.4, 0.5) is 11.4 Å². The minimum Gasteiger partial charge on any atom is -0.461 e. The number of nitrogens with one attached hydrogen (secondary N) is 2. The smallest absolute Gasteiger partial charge is 0.286 e. The third-order valence-electron chi connectivity index (χ3n) is 2.76. The Morgan fingerprint density at radius 3 is 2.63 bits per heavy atom. The third-order valence-corrected chi connectivity index (χ3v) is 2.99. The van der Waals surface area contributed by atoms with Crippen LogP contribution in [0.2, 0.25) is 5.02 Å². The number of para-hydroxylation sites is 2. The fraction of sp³-hybridized carbons (Fsp3) is 0.0714. The van der Waals surface area contributed by atoms with Crippen LogP contribution in [0.3, 0.4) is 0 Å². The van der Waals surface area contributed by atoms with Gasteiger partial charge in [-0.3, -0.25) is 4.79 Å². The number of hydrogen-bond acceptors (Lipinski definition) is 3. The van der Waals surface area contributed by atoms with Crippen molar-refractivity contribution in [3.8, 4) is 5.75 Å². The van der Waals surface area contributed by atoms with E-state index in [-0.39, 0.29) is 5.91 Å². The lowest BCUT2D eigenvalue weighted by Crippen LogP contribution is -2.42. The molecular weight excluding hydrogens is 264 g/mol. The SMILES string of the molecule is O=C1Nc2ccccc2N[C@H]1Oc1cccc(Cl)c1. The van der Waals surface area contributed by atoms with Gasteiger partial charge in [0.15, 0.2) is 0 Å². The maximum absolute atomic E-state index is 11.9. The van der Waals surface area contributed by atoms with Gasteiger partial charge in [0.2, 0.25) is 6.23 Å². The summed E-state index contributed by atoms with van der Waals surface area (Å²) in [5, 5.41) is 6.39. The first-order chi connectivity index (χ1) is 9.22. The van der Waals surface area contributed by atoms with E-state index in [2.05, 4.69) is 10.6 Å². The molecule has 0 saturated carbocycles. The Labute approximate surface area is 115 Å². The van der Waals surface area contributed by atoms with E-state index < -0.39 is 6.23 Å². The number of hydrogen-bond donors (Lipinski definition) is 2. The number of rotatable bonds is 2. The van der Waals surface area contributed by atoms with Gasteiger partial charge in [-0.1, -0.05) is 29.8 Å². The minimum atomic E-state index is -0.770. The molecule has 0 spiro atoms. The van der Waals surface area contributed by atoms with Crippen molar-refractivity contribution in [3.05, 3.63) is 53.6 Å². The van der Waals surface area contributed by atoms with E-state index in [1.165, 1.54) is 0 Å². The first-order valence-electron chi connectivity index (χ1n) is 5.81. The molecule has 2 aromatic carbocycles. The number of ether oxygens (including phenoxy) is 1. The summed E-state index contributed by atoms with van der Waals surface area (Å²) in [6, 6.07) is 14.4. The molecule has 2 aromatic rings. The highest BCUT2D eigenvalue weighted by Crippen LogP contribution is 2.27. The molecular formula is C14H11ClN2O2. The average Bonchev–Trinajstić information content (AvgIpc) is 2.40. The summed E-state index contributed by atoms with van der Waals surface area (Å²) in [5.41, 5.74) is 1.58. The summed E-state index contributed by atoms with van der Waals surface area (Å²) in [6.45, 7) is 0. The zero-order valence-electron chi connectivity index (χ0n) is 9.89. The van der Waals surface area contributed by atoms with Gasteiger partial charge in [0.1, 0.15) is 5.75 Å².